The molecule has 82 valence electrons. The van der Waals surface area contributed by atoms with Gasteiger partial charge in [-0.3, -0.25) is 0 Å². The lowest BCUT2D eigenvalue weighted by atomic mass is 9.96. The molecule has 0 saturated carbocycles. The average molecular weight is 220 g/mol. The van der Waals surface area contributed by atoms with Gasteiger partial charge in [-0.15, -0.1) is 0 Å². The Labute approximate surface area is 94.5 Å². The predicted octanol–water partition coefficient (Wildman–Crippen LogP) is 3.82. The highest BCUT2D eigenvalue weighted by Gasteiger charge is 2.12. The Morgan fingerprint density at radius 1 is 1.33 bits per heavy atom. The van der Waals surface area contributed by atoms with Crippen LogP contribution in [-0.4, -0.2) is 9.04 Å². The molecule has 0 aliphatic rings. The first kappa shape index (κ1) is 12.0. The minimum absolute atomic E-state index is 0.474. The van der Waals surface area contributed by atoms with Gasteiger partial charge in [-0.2, -0.15) is 0 Å². The van der Waals surface area contributed by atoms with Crippen molar-refractivity contribution in [3.63, 3.8) is 0 Å². The standard InChI is InChI=1S/C13H20OSi/c1-6-11-8-7-9-12(14-15(4)5)13(11)10(2)3/h6-10,15H,1H2,2-5H3. The van der Waals surface area contributed by atoms with Gasteiger partial charge in [-0.05, 0) is 30.6 Å². The van der Waals surface area contributed by atoms with Crippen molar-refractivity contribution in [2.45, 2.75) is 32.9 Å². The molecule has 2 heteroatoms. The smallest absolute Gasteiger partial charge is 0.229 e. The zero-order chi connectivity index (χ0) is 11.4. The Hall–Kier alpha value is -1.02. The van der Waals surface area contributed by atoms with Crippen molar-refractivity contribution in [2.24, 2.45) is 0 Å². The van der Waals surface area contributed by atoms with Crippen LogP contribution in [0.3, 0.4) is 0 Å². The van der Waals surface area contributed by atoms with Crippen molar-refractivity contribution in [1.29, 1.82) is 0 Å². The molecule has 0 fully saturated rings. The van der Waals surface area contributed by atoms with Gasteiger partial charge in [0.25, 0.3) is 0 Å². The van der Waals surface area contributed by atoms with Gasteiger partial charge in [-0.1, -0.05) is 38.6 Å². The van der Waals surface area contributed by atoms with Crippen molar-refractivity contribution >= 4 is 15.1 Å². The Bertz CT molecular complexity index is 342. The van der Waals surface area contributed by atoms with E-state index < -0.39 is 9.04 Å². The summed E-state index contributed by atoms with van der Waals surface area (Å²) in [6.07, 6.45) is 1.91. The first-order valence-electron chi connectivity index (χ1n) is 5.48. The summed E-state index contributed by atoms with van der Waals surface area (Å²) in [4.78, 5) is 0. The Balaban J connectivity index is 3.19. The molecule has 0 unspecified atom stereocenters. The maximum atomic E-state index is 5.94. The zero-order valence-electron chi connectivity index (χ0n) is 10.1. The van der Waals surface area contributed by atoms with Crippen LogP contribution in [0.1, 0.15) is 30.9 Å². The molecule has 0 radical (unpaired) electrons. The SMILES string of the molecule is C=Cc1cccc(O[SiH](C)C)c1C(C)C. The second-order valence-corrected chi connectivity index (χ2v) is 6.62. The molecule has 0 aromatic heterocycles. The van der Waals surface area contributed by atoms with Gasteiger partial charge in [0.05, 0.1) is 0 Å². The van der Waals surface area contributed by atoms with Crippen molar-refractivity contribution in [1.82, 2.24) is 0 Å². The van der Waals surface area contributed by atoms with Crippen LogP contribution in [0.2, 0.25) is 13.1 Å². The van der Waals surface area contributed by atoms with Gasteiger partial charge < -0.3 is 4.43 Å². The van der Waals surface area contributed by atoms with E-state index in [4.69, 9.17) is 4.43 Å². The van der Waals surface area contributed by atoms with Crippen LogP contribution in [-0.2, 0) is 0 Å². The summed E-state index contributed by atoms with van der Waals surface area (Å²) >= 11 is 0. The maximum Gasteiger partial charge on any atom is 0.229 e. The molecule has 1 rings (SSSR count). The topological polar surface area (TPSA) is 9.23 Å². The summed E-state index contributed by atoms with van der Waals surface area (Å²) in [5.41, 5.74) is 2.48. The average Bonchev–Trinajstić information content (AvgIpc) is 2.15. The van der Waals surface area contributed by atoms with Gasteiger partial charge in [0.2, 0.25) is 9.04 Å². The van der Waals surface area contributed by atoms with E-state index in [-0.39, 0.29) is 0 Å². The van der Waals surface area contributed by atoms with E-state index in [1.807, 2.05) is 12.1 Å². The predicted molar refractivity (Wildman–Crippen MR) is 70.1 cm³/mol. The molecule has 0 amide bonds. The third kappa shape index (κ3) is 2.96. The number of benzene rings is 1. The molecular formula is C13H20OSi. The highest BCUT2D eigenvalue weighted by Crippen LogP contribution is 2.30. The van der Waals surface area contributed by atoms with E-state index >= 15 is 0 Å². The van der Waals surface area contributed by atoms with E-state index in [9.17, 15) is 0 Å². The third-order valence-electron chi connectivity index (χ3n) is 2.26. The molecule has 0 saturated heterocycles. The van der Waals surface area contributed by atoms with Crippen LogP contribution < -0.4 is 4.43 Å². The first-order chi connectivity index (χ1) is 7.06. The van der Waals surface area contributed by atoms with Crippen LogP contribution in [0.15, 0.2) is 24.8 Å². The third-order valence-corrected chi connectivity index (χ3v) is 2.99. The number of hydrogen-bond donors (Lipinski definition) is 0. The quantitative estimate of drug-likeness (QED) is 0.701. The van der Waals surface area contributed by atoms with Crippen LogP contribution in [0.5, 0.6) is 5.75 Å². The molecule has 0 aliphatic carbocycles. The number of hydrogen-bond acceptors (Lipinski definition) is 1. The summed E-state index contributed by atoms with van der Waals surface area (Å²) < 4.78 is 5.94. The molecular weight excluding hydrogens is 200 g/mol. The van der Waals surface area contributed by atoms with Crippen molar-refractivity contribution in [3.05, 3.63) is 35.9 Å². The molecule has 0 spiro atoms. The fourth-order valence-electron chi connectivity index (χ4n) is 1.71. The molecule has 0 heterocycles. The Morgan fingerprint density at radius 2 is 2.00 bits per heavy atom. The van der Waals surface area contributed by atoms with Crippen LogP contribution in [0.4, 0.5) is 0 Å². The van der Waals surface area contributed by atoms with Crippen molar-refractivity contribution < 1.29 is 4.43 Å². The van der Waals surface area contributed by atoms with Gasteiger partial charge in [0, 0.05) is 5.56 Å². The molecule has 1 aromatic rings. The Morgan fingerprint density at radius 3 is 2.47 bits per heavy atom. The molecule has 1 nitrogen and oxygen atoms in total. The van der Waals surface area contributed by atoms with E-state index in [0.29, 0.717) is 5.92 Å². The molecule has 0 bridgehead atoms. The van der Waals surface area contributed by atoms with E-state index in [1.54, 1.807) is 0 Å². The summed E-state index contributed by atoms with van der Waals surface area (Å²) in [7, 11) is -1.03. The largest absolute Gasteiger partial charge is 0.547 e. The lowest BCUT2D eigenvalue weighted by Crippen LogP contribution is -2.13. The number of rotatable bonds is 4. The minimum Gasteiger partial charge on any atom is -0.547 e. The van der Waals surface area contributed by atoms with Crippen molar-refractivity contribution in [2.75, 3.05) is 0 Å². The Kier molecular flexibility index (Phi) is 4.15. The van der Waals surface area contributed by atoms with Gasteiger partial charge in [-0.25, -0.2) is 0 Å². The highest BCUT2D eigenvalue weighted by molar-refractivity contribution is 6.49. The normalized spacial score (nSPS) is 10.8. The highest BCUT2D eigenvalue weighted by atomic mass is 28.3. The fraction of sp³-hybridized carbons (Fsp3) is 0.385. The fourth-order valence-corrected chi connectivity index (χ4v) is 2.43. The van der Waals surface area contributed by atoms with E-state index in [2.05, 4.69) is 45.7 Å². The lowest BCUT2D eigenvalue weighted by Gasteiger charge is -2.18. The molecule has 0 atom stereocenters. The van der Waals surface area contributed by atoms with Gasteiger partial charge >= 0.3 is 0 Å². The van der Waals surface area contributed by atoms with E-state index in [1.165, 1.54) is 11.1 Å². The molecule has 0 aliphatic heterocycles. The minimum atomic E-state index is -1.03. The van der Waals surface area contributed by atoms with Gasteiger partial charge in [0.15, 0.2) is 0 Å². The van der Waals surface area contributed by atoms with E-state index in [0.717, 1.165) is 5.75 Å². The maximum absolute atomic E-state index is 5.94. The second kappa shape index (κ2) is 5.17. The zero-order valence-corrected chi connectivity index (χ0v) is 11.2. The summed E-state index contributed by atoms with van der Waals surface area (Å²) in [6.45, 7) is 12.6. The van der Waals surface area contributed by atoms with Crippen LogP contribution in [0, 0.1) is 0 Å². The molecule has 0 N–H and O–H groups in total. The molecule has 1 aromatic carbocycles. The van der Waals surface area contributed by atoms with Crippen LogP contribution >= 0.6 is 0 Å². The van der Waals surface area contributed by atoms with Gasteiger partial charge in [0.1, 0.15) is 5.75 Å². The monoisotopic (exact) mass is 220 g/mol. The molecule has 15 heavy (non-hydrogen) atoms. The van der Waals surface area contributed by atoms with Crippen LogP contribution in [0.25, 0.3) is 6.08 Å². The second-order valence-electron chi connectivity index (χ2n) is 4.28. The first-order valence-corrected chi connectivity index (χ1v) is 8.26. The summed E-state index contributed by atoms with van der Waals surface area (Å²) in [5, 5.41) is 0. The van der Waals surface area contributed by atoms with Crippen molar-refractivity contribution in [3.8, 4) is 5.75 Å². The summed E-state index contributed by atoms with van der Waals surface area (Å²) in [5.74, 6) is 1.52. The lowest BCUT2D eigenvalue weighted by molar-refractivity contribution is 0.565. The summed E-state index contributed by atoms with van der Waals surface area (Å²) in [6, 6.07) is 6.20.